The van der Waals surface area contributed by atoms with Gasteiger partial charge in [-0.1, -0.05) is 48.5 Å². The maximum absolute atomic E-state index is 8.61. The van der Waals surface area contributed by atoms with Gasteiger partial charge in [0.05, 0.1) is 13.2 Å². The molecule has 0 aliphatic rings. The molecule has 0 bridgehead atoms. The van der Waals surface area contributed by atoms with Gasteiger partial charge < -0.3 is 9.47 Å². The van der Waals surface area contributed by atoms with Crippen LogP contribution in [-0.4, -0.2) is 7.11 Å². The van der Waals surface area contributed by atoms with Crippen molar-refractivity contribution in [3.63, 3.8) is 0 Å². The molecule has 0 heterocycles. The number of ether oxygens (including phenoxy) is 2. The number of nitrogens with zero attached hydrogens (tertiary/aromatic N) is 1. The zero-order valence-corrected chi connectivity index (χ0v) is 13.4. The maximum Gasteiger partial charge on any atom is 0.161 e. The third kappa shape index (κ3) is 3.39. The normalized spacial score (nSPS) is 10.7. The molecule has 0 aliphatic carbocycles. The lowest BCUT2D eigenvalue weighted by molar-refractivity contribution is 0.285. The average Bonchev–Trinajstić information content (AvgIpc) is 2.64. The van der Waals surface area contributed by atoms with E-state index in [2.05, 4.69) is 24.3 Å². The molecule has 0 saturated heterocycles. The van der Waals surface area contributed by atoms with Crippen molar-refractivity contribution >= 4 is 16.8 Å². The van der Waals surface area contributed by atoms with Crippen molar-refractivity contribution in [2.24, 2.45) is 0 Å². The summed E-state index contributed by atoms with van der Waals surface area (Å²) in [6, 6.07) is 22.0. The van der Waals surface area contributed by atoms with Gasteiger partial charge >= 0.3 is 0 Å². The number of allylic oxidation sites excluding steroid dienone is 1. The lowest BCUT2D eigenvalue weighted by atomic mass is 10.1. The Hall–Kier alpha value is -3.25. The lowest BCUT2D eigenvalue weighted by Crippen LogP contribution is -1.98. The fourth-order valence-corrected chi connectivity index (χ4v) is 2.61. The first-order valence-electron chi connectivity index (χ1n) is 7.65. The molecular weight excluding hydrogens is 298 g/mol. The van der Waals surface area contributed by atoms with Crippen LogP contribution in [0.4, 0.5) is 0 Å². The molecule has 0 atom stereocenters. The van der Waals surface area contributed by atoms with Crippen LogP contribution in [-0.2, 0) is 6.61 Å². The molecule has 0 aromatic heterocycles. The molecule has 3 aromatic rings. The molecule has 3 rings (SSSR count). The van der Waals surface area contributed by atoms with Crippen LogP contribution >= 0.6 is 0 Å². The summed E-state index contributed by atoms with van der Waals surface area (Å²) in [5.74, 6) is 1.33. The highest BCUT2D eigenvalue weighted by molar-refractivity contribution is 5.85. The standard InChI is InChI=1S/C21H17NO2/c1-23-21-14-16(6-5-13-22)11-12-20(21)24-15-18-9-4-8-17-7-2-3-10-19(17)18/h2-12,14H,15H2,1H3/b6-5+. The molecule has 0 fully saturated rings. The molecule has 0 spiro atoms. The summed E-state index contributed by atoms with van der Waals surface area (Å²) in [5.41, 5.74) is 2.02. The third-order valence-electron chi connectivity index (χ3n) is 3.80. The van der Waals surface area contributed by atoms with Gasteiger partial charge in [0.15, 0.2) is 11.5 Å². The van der Waals surface area contributed by atoms with Gasteiger partial charge in [-0.3, -0.25) is 0 Å². The van der Waals surface area contributed by atoms with E-state index in [1.165, 1.54) is 16.8 Å². The van der Waals surface area contributed by atoms with Crippen molar-refractivity contribution in [2.45, 2.75) is 6.61 Å². The largest absolute Gasteiger partial charge is 0.493 e. The molecule has 3 nitrogen and oxygen atoms in total. The van der Waals surface area contributed by atoms with Gasteiger partial charge in [-0.25, -0.2) is 0 Å². The monoisotopic (exact) mass is 315 g/mol. The second-order valence-corrected chi connectivity index (χ2v) is 5.30. The Bertz CT molecular complexity index is 917. The van der Waals surface area contributed by atoms with E-state index in [-0.39, 0.29) is 0 Å². The summed E-state index contributed by atoms with van der Waals surface area (Å²) in [6.07, 6.45) is 3.17. The van der Waals surface area contributed by atoms with Gasteiger partial charge in [0.1, 0.15) is 6.61 Å². The van der Waals surface area contributed by atoms with Gasteiger partial charge in [0.25, 0.3) is 0 Å². The number of nitriles is 1. The Labute approximate surface area is 141 Å². The zero-order chi connectivity index (χ0) is 16.8. The van der Waals surface area contributed by atoms with E-state index in [4.69, 9.17) is 14.7 Å². The van der Waals surface area contributed by atoms with Crippen molar-refractivity contribution in [3.05, 3.63) is 77.9 Å². The topological polar surface area (TPSA) is 42.2 Å². The Kier molecular flexibility index (Phi) is 4.78. The van der Waals surface area contributed by atoms with E-state index >= 15 is 0 Å². The first-order valence-corrected chi connectivity index (χ1v) is 7.65. The Morgan fingerprint density at radius 3 is 2.67 bits per heavy atom. The van der Waals surface area contributed by atoms with Gasteiger partial charge in [-0.05, 0) is 40.1 Å². The second-order valence-electron chi connectivity index (χ2n) is 5.30. The molecule has 0 aliphatic heterocycles. The molecule has 0 N–H and O–H groups in total. The molecule has 3 heteroatoms. The number of rotatable bonds is 5. The summed E-state index contributed by atoms with van der Waals surface area (Å²) >= 11 is 0. The van der Waals surface area contributed by atoms with Crippen LogP contribution in [0.25, 0.3) is 16.8 Å². The smallest absolute Gasteiger partial charge is 0.161 e. The Balaban J connectivity index is 1.83. The third-order valence-corrected chi connectivity index (χ3v) is 3.80. The van der Waals surface area contributed by atoms with Gasteiger partial charge in [0.2, 0.25) is 0 Å². The summed E-state index contributed by atoms with van der Waals surface area (Å²) in [6.45, 7) is 0.463. The second kappa shape index (κ2) is 7.34. The predicted molar refractivity (Wildman–Crippen MR) is 95.9 cm³/mol. The molecule has 118 valence electrons. The van der Waals surface area contributed by atoms with Crippen molar-refractivity contribution in [1.29, 1.82) is 5.26 Å². The van der Waals surface area contributed by atoms with Crippen molar-refractivity contribution in [1.82, 2.24) is 0 Å². The van der Waals surface area contributed by atoms with Crippen molar-refractivity contribution in [2.75, 3.05) is 7.11 Å². The van der Waals surface area contributed by atoms with E-state index in [0.717, 1.165) is 11.1 Å². The number of benzene rings is 3. The van der Waals surface area contributed by atoms with Crippen LogP contribution in [0.1, 0.15) is 11.1 Å². The van der Waals surface area contributed by atoms with Gasteiger partial charge in [-0.2, -0.15) is 5.26 Å². The SMILES string of the molecule is COc1cc(/C=C/C#N)ccc1OCc1cccc2ccccc12. The number of hydrogen-bond acceptors (Lipinski definition) is 3. The van der Waals surface area contributed by atoms with E-state index < -0.39 is 0 Å². The number of methoxy groups -OCH3 is 1. The molecule has 3 aromatic carbocycles. The van der Waals surface area contributed by atoms with E-state index in [1.807, 2.05) is 42.5 Å². The minimum Gasteiger partial charge on any atom is -0.493 e. The van der Waals surface area contributed by atoms with E-state index in [9.17, 15) is 0 Å². The molecule has 0 unspecified atom stereocenters. The van der Waals surface area contributed by atoms with Gasteiger partial charge in [-0.15, -0.1) is 0 Å². The first kappa shape index (κ1) is 15.6. The summed E-state index contributed by atoms with van der Waals surface area (Å²) in [7, 11) is 1.61. The number of fused-ring (bicyclic) bond motifs is 1. The van der Waals surface area contributed by atoms with E-state index in [0.29, 0.717) is 18.1 Å². The fraction of sp³-hybridized carbons (Fsp3) is 0.0952. The average molecular weight is 315 g/mol. The van der Waals surface area contributed by atoms with Crippen LogP contribution in [0.2, 0.25) is 0 Å². The first-order chi connectivity index (χ1) is 11.8. The van der Waals surface area contributed by atoms with Crippen molar-refractivity contribution < 1.29 is 9.47 Å². The molecule has 24 heavy (non-hydrogen) atoms. The number of hydrogen-bond donors (Lipinski definition) is 0. The highest BCUT2D eigenvalue weighted by Gasteiger charge is 2.07. The van der Waals surface area contributed by atoms with Crippen LogP contribution < -0.4 is 9.47 Å². The Morgan fingerprint density at radius 1 is 1.00 bits per heavy atom. The molecule has 0 radical (unpaired) electrons. The quantitative estimate of drug-likeness (QED) is 0.625. The predicted octanol–water partition coefficient (Wildman–Crippen LogP) is 4.96. The maximum atomic E-state index is 8.61. The summed E-state index contributed by atoms with van der Waals surface area (Å²) in [4.78, 5) is 0. The van der Waals surface area contributed by atoms with Crippen LogP contribution in [0.15, 0.2) is 66.7 Å². The highest BCUT2D eigenvalue weighted by atomic mass is 16.5. The minimum atomic E-state index is 0.463. The van der Waals surface area contributed by atoms with Crippen LogP contribution in [0.3, 0.4) is 0 Å². The van der Waals surface area contributed by atoms with Crippen LogP contribution in [0, 0.1) is 11.3 Å². The highest BCUT2D eigenvalue weighted by Crippen LogP contribution is 2.30. The fourth-order valence-electron chi connectivity index (χ4n) is 2.61. The molecule has 0 amide bonds. The lowest BCUT2D eigenvalue weighted by Gasteiger charge is -2.12. The Morgan fingerprint density at radius 2 is 1.83 bits per heavy atom. The molecular formula is C21H17NO2. The van der Waals surface area contributed by atoms with Crippen molar-refractivity contribution in [3.8, 4) is 17.6 Å². The summed E-state index contributed by atoms with van der Waals surface area (Å²) in [5, 5.41) is 11.0. The van der Waals surface area contributed by atoms with Gasteiger partial charge in [0, 0.05) is 6.08 Å². The summed E-state index contributed by atoms with van der Waals surface area (Å²) < 4.78 is 11.4. The van der Waals surface area contributed by atoms with E-state index in [1.54, 1.807) is 13.2 Å². The minimum absolute atomic E-state index is 0.463. The molecule has 0 saturated carbocycles. The van der Waals surface area contributed by atoms with Crippen LogP contribution in [0.5, 0.6) is 11.5 Å². The zero-order valence-electron chi connectivity index (χ0n) is 13.4.